The summed E-state index contributed by atoms with van der Waals surface area (Å²) < 4.78 is 6.74. The third kappa shape index (κ3) is 2.81. The Kier molecular flexibility index (Phi) is 4.41. The van der Waals surface area contributed by atoms with Crippen LogP contribution in [0.15, 0.2) is 5.16 Å². The van der Waals surface area contributed by atoms with E-state index in [1.807, 2.05) is 4.40 Å². The van der Waals surface area contributed by atoms with Crippen LogP contribution < -0.4 is 0 Å². The molecule has 0 saturated heterocycles. The molecule has 6 nitrogen and oxygen atoms in total. The van der Waals surface area contributed by atoms with E-state index in [1.165, 1.54) is 35.7 Å². The minimum atomic E-state index is -0.268. The van der Waals surface area contributed by atoms with Crippen molar-refractivity contribution in [3.05, 3.63) is 16.3 Å². The molecule has 4 rings (SSSR count). The van der Waals surface area contributed by atoms with E-state index in [-0.39, 0.29) is 11.7 Å². The molecule has 0 spiro atoms. The molecule has 0 N–H and O–H groups in total. The van der Waals surface area contributed by atoms with Crippen LogP contribution in [-0.4, -0.2) is 38.4 Å². The number of methoxy groups -OCH3 is 1. The number of hydrogen-bond acceptors (Lipinski definition) is 7. The van der Waals surface area contributed by atoms with Crippen LogP contribution in [0.1, 0.15) is 36.5 Å². The normalized spacial score (nSPS) is 17.2. The molecule has 0 aromatic carbocycles. The number of ether oxygens (including phenoxy) is 1. The average molecular weight is 377 g/mol. The lowest BCUT2D eigenvalue weighted by molar-refractivity contribution is -0.137. The van der Waals surface area contributed by atoms with Crippen LogP contribution in [0.4, 0.5) is 0 Å². The smallest absolute Gasteiger partial charge is 0.316 e. The number of thioether (sulfide) groups is 1. The van der Waals surface area contributed by atoms with Crippen molar-refractivity contribution in [2.75, 3.05) is 12.9 Å². The largest absolute Gasteiger partial charge is 0.468 e. The summed E-state index contributed by atoms with van der Waals surface area (Å²) in [6.07, 6.45) is 4.20. The Morgan fingerprint density at radius 3 is 3.04 bits per heavy atom. The van der Waals surface area contributed by atoms with Gasteiger partial charge in [-0.15, -0.1) is 21.5 Å². The number of fused-ring (bicyclic) bond motifs is 5. The van der Waals surface area contributed by atoms with Gasteiger partial charge in [-0.2, -0.15) is 0 Å². The summed E-state index contributed by atoms with van der Waals surface area (Å²) >= 11 is 3.15. The fourth-order valence-electron chi connectivity index (χ4n) is 3.39. The van der Waals surface area contributed by atoms with Gasteiger partial charge in [0.2, 0.25) is 0 Å². The number of aromatic nitrogens is 4. The molecule has 1 aliphatic carbocycles. The van der Waals surface area contributed by atoms with Crippen molar-refractivity contribution in [2.24, 2.45) is 5.92 Å². The maximum atomic E-state index is 11.5. The van der Waals surface area contributed by atoms with E-state index in [0.717, 1.165) is 46.9 Å². The Hall–Kier alpha value is -1.67. The van der Waals surface area contributed by atoms with Gasteiger partial charge in [0.1, 0.15) is 10.7 Å². The molecular weight excluding hydrogens is 356 g/mol. The van der Waals surface area contributed by atoms with Gasteiger partial charge in [-0.3, -0.25) is 9.20 Å². The van der Waals surface area contributed by atoms with E-state index in [2.05, 4.69) is 24.0 Å². The van der Waals surface area contributed by atoms with Crippen LogP contribution in [0.5, 0.6) is 0 Å². The molecule has 3 aromatic rings. The quantitative estimate of drug-likeness (QED) is 0.514. The zero-order chi connectivity index (χ0) is 17.6. The standard InChI is InChI=1S/C17H20N4O2S2/c1-4-12-18-16-14(10-6-5-9(2)7-11(10)25-16)15-19-20-17(21(12)15)24-8-13(22)23-3/h9H,4-8H2,1-3H3/t9-/m0/s1. The predicted molar refractivity (Wildman–Crippen MR) is 99.5 cm³/mol. The summed E-state index contributed by atoms with van der Waals surface area (Å²) in [6, 6.07) is 0. The second-order valence-electron chi connectivity index (χ2n) is 6.42. The molecule has 0 bridgehead atoms. The fourth-order valence-corrected chi connectivity index (χ4v) is 5.57. The maximum absolute atomic E-state index is 11.5. The van der Waals surface area contributed by atoms with Gasteiger partial charge < -0.3 is 4.74 Å². The van der Waals surface area contributed by atoms with Crippen molar-refractivity contribution in [3.63, 3.8) is 0 Å². The van der Waals surface area contributed by atoms with Gasteiger partial charge in [0.15, 0.2) is 10.8 Å². The molecule has 1 atom stereocenters. The molecule has 0 unspecified atom stereocenters. The molecular formula is C17H20N4O2S2. The fraction of sp³-hybridized carbons (Fsp3) is 0.529. The Bertz CT molecular complexity index is 963. The molecule has 0 saturated carbocycles. The zero-order valence-electron chi connectivity index (χ0n) is 14.5. The summed E-state index contributed by atoms with van der Waals surface area (Å²) in [7, 11) is 1.39. The number of nitrogens with zero attached hydrogens (tertiary/aromatic N) is 4. The van der Waals surface area contributed by atoms with Crippen molar-refractivity contribution in [2.45, 2.75) is 44.7 Å². The van der Waals surface area contributed by atoms with Crippen LogP contribution in [0.2, 0.25) is 0 Å². The maximum Gasteiger partial charge on any atom is 0.316 e. The molecule has 0 aliphatic heterocycles. The summed E-state index contributed by atoms with van der Waals surface area (Å²) in [4.78, 5) is 18.9. The third-order valence-electron chi connectivity index (χ3n) is 4.70. The van der Waals surface area contributed by atoms with Crippen molar-refractivity contribution in [3.8, 4) is 0 Å². The van der Waals surface area contributed by atoms with E-state index < -0.39 is 0 Å². The van der Waals surface area contributed by atoms with Gasteiger partial charge in [0, 0.05) is 11.3 Å². The number of hydrogen-bond donors (Lipinski definition) is 0. The number of carbonyl (C=O) groups is 1. The second-order valence-corrected chi connectivity index (χ2v) is 8.45. The first-order valence-corrected chi connectivity index (χ1v) is 10.3. The predicted octanol–water partition coefficient (Wildman–Crippen LogP) is 3.29. The van der Waals surface area contributed by atoms with Gasteiger partial charge in [-0.05, 0) is 30.7 Å². The zero-order valence-corrected chi connectivity index (χ0v) is 16.2. The van der Waals surface area contributed by atoms with Crippen LogP contribution >= 0.6 is 23.1 Å². The molecule has 0 fully saturated rings. The molecule has 25 heavy (non-hydrogen) atoms. The van der Waals surface area contributed by atoms with Crippen molar-refractivity contribution >= 4 is 44.9 Å². The summed E-state index contributed by atoms with van der Waals surface area (Å²) in [5.41, 5.74) is 2.27. The minimum Gasteiger partial charge on any atom is -0.468 e. The van der Waals surface area contributed by atoms with E-state index in [0.29, 0.717) is 5.16 Å². The summed E-state index contributed by atoms with van der Waals surface area (Å²) in [5, 5.41) is 10.7. The molecule has 3 aromatic heterocycles. The topological polar surface area (TPSA) is 69.4 Å². The first-order valence-electron chi connectivity index (χ1n) is 8.50. The van der Waals surface area contributed by atoms with Crippen molar-refractivity contribution in [1.82, 2.24) is 19.6 Å². The molecule has 0 radical (unpaired) electrons. The minimum absolute atomic E-state index is 0.220. The van der Waals surface area contributed by atoms with Crippen LogP contribution in [0, 0.1) is 5.92 Å². The van der Waals surface area contributed by atoms with Crippen LogP contribution in [0.3, 0.4) is 0 Å². The van der Waals surface area contributed by atoms with Gasteiger partial charge in [0.25, 0.3) is 0 Å². The monoisotopic (exact) mass is 376 g/mol. The first kappa shape index (κ1) is 16.8. The second kappa shape index (κ2) is 6.57. The van der Waals surface area contributed by atoms with Gasteiger partial charge in [0.05, 0.1) is 18.2 Å². The van der Waals surface area contributed by atoms with E-state index in [9.17, 15) is 4.79 Å². The first-order chi connectivity index (χ1) is 12.1. The lowest BCUT2D eigenvalue weighted by Gasteiger charge is -2.17. The van der Waals surface area contributed by atoms with Crippen LogP contribution in [0.25, 0.3) is 15.9 Å². The Morgan fingerprint density at radius 1 is 1.44 bits per heavy atom. The van der Waals surface area contributed by atoms with Gasteiger partial charge >= 0.3 is 5.97 Å². The van der Waals surface area contributed by atoms with Crippen LogP contribution in [-0.2, 0) is 28.8 Å². The highest BCUT2D eigenvalue weighted by Gasteiger charge is 2.25. The van der Waals surface area contributed by atoms with Gasteiger partial charge in [-0.25, -0.2) is 4.98 Å². The molecule has 8 heteroatoms. The Labute approximate surface area is 154 Å². The molecule has 3 heterocycles. The highest BCUT2D eigenvalue weighted by Crippen LogP contribution is 2.39. The summed E-state index contributed by atoms with van der Waals surface area (Å²) in [6.45, 7) is 4.39. The number of carbonyl (C=O) groups excluding carboxylic acids is 1. The van der Waals surface area contributed by atoms with E-state index >= 15 is 0 Å². The molecule has 1 aliphatic rings. The number of esters is 1. The summed E-state index contributed by atoms with van der Waals surface area (Å²) in [5.74, 6) is 1.62. The Morgan fingerprint density at radius 2 is 2.28 bits per heavy atom. The number of aryl methyl sites for hydroxylation is 2. The lowest BCUT2D eigenvalue weighted by atomic mass is 9.89. The molecule has 0 amide bonds. The highest BCUT2D eigenvalue weighted by atomic mass is 32.2. The SMILES string of the molecule is CCc1nc2sc3c(c2c2nnc(SCC(=O)OC)n12)CC[C@H](C)C3. The average Bonchev–Trinajstić information content (AvgIpc) is 3.18. The molecule has 132 valence electrons. The number of thiophene rings is 1. The number of rotatable bonds is 4. The van der Waals surface area contributed by atoms with Gasteiger partial charge in [-0.1, -0.05) is 25.6 Å². The van der Waals surface area contributed by atoms with Crippen molar-refractivity contribution in [1.29, 1.82) is 0 Å². The van der Waals surface area contributed by atoms with E-state index in [1.54, 1.807) is 11.3 Å². The third-order valence-corrected chi connectivity index (χ3v) is 6.75. The van der Waals surface area contributed by atoms with E-state index in [4.69, 9.17) is 9.72 Å². The lowest BCUT2D eigenvalue weighted by Crippen LogP contribution is -2.09. The highest BCUT2D eigenvalue weighted by molar-refractivity contribution is 7.99. The van der Waals surface area contributed by atoms with Crippen molar-refractivity contribution < 1.29 is 9.53 Å². The Balaban J connectivity index is 1.88.